The normalized spacial score (nSPS) is 12.2. The minimum Gasteiger partial charge on any atom is -0.458 e. The van der Waals surface area contributed by atoms with E-state index in [-0.39, 0.29) is 17.8 Å². The smallest absolute Gasteiger partial charge is 0.319 e. The van der Waals surface area contributed by atoms with E-state index in [4.69, 9.17) is 4.74 Å². The Labute approximate surface area is 153 Å². The Morgan fingerprint density at radius 1 is 1.29 bits per heavy atom. The molecule has 0 amide bonds. The Bertz CT molecular complexity index is 799. The molecule has 0 saturated heterocycles. The van der Waals surface area contributed by atoms with Crippen LogP contribution in [0.15, 0.2) is 59.3 Å². The number of fused-ring (bicyclic) bond motifs is 1. The Kier molecular flexibility index (Phi) is 5.58. The summed E-state index contributed by atoms with van der Waals surface area (Å²) >= 11 is 4.98. The molecule has 3 aromatic rings. The third-order valence-electron chi connectivity index (χ3n) is 3.52. The zero-order valence-electron chi connectivity index (χ0n) is 13.2. The molecule has 2 aromatic heterocycles. The third-order valence-corrected chi connectivity index (χ3v) is 5.24. The molecule has 2 heterocycles. The summed E-state index contributed by atoms with van der Waals surface area (Å²) < 4.78 is 8.35. The number of hydrogen-bond acceptors (Lipinski definition) is 4. The predicted octanol–water partition coefficient (Wildman–Crippen LogP) is 4.46. The lowest BCUT2D eigenvalue weighted by atomic mass is 10.2. The van der Waals surface area contributed by atoms with Crippen molar-refractivity contribution < 1.29 is 9.53 Å². The van der Waals surface area contributed by atoms with Crippen molar-refractivity contribution in [2.24, 2.45) is 0 Å². The van der Waals surface area contributed by atoms with Gasteiger partial charge in [-0.15, -0.1) is 11.8 Å². The van der Waals surface area contributed by atoms with Gasteiger partial charge in [0.25, 0.3) is 0 Å². The van der Waals surface area contributed by atoms with E-state index >= 15 is 0 Å². The zero-order chi connectivity index (χ0) is 16.9. The van der Waals surface area contributed by atoms with Crippen LogP contribution in [0.25, 0.3) is 5.65 Å². The molecule has 0 bridgehead atoms. The van der Waals surface area contributed by atoms with Crippen LogP contribution < -0.4 is 0 Å². The van der Waals surface area contributed by atoms with Gasteiger partial charge in [-0.2, -0.15) is 0 Å². The van der Waals surface area contributed by atoms with Crippen LogP contribution in [0, 0.1) is 0 Å². The fourth-order valence-corrected chi connectivity index (χ4v) is 3.29. The summed E-state index contributed by atoms with van der Waals surface area (Å²) in [6, 6.07) is 13.9. The lowest BCUT2D eigenvalue weighted by Crippen LogP contribution is -2.17. The maximum Gasteiger partial charge on any atom is 0.319 e. The number of carbonyl (C=O) groups is 1. The molecule has 0 radical (unpaired) electrons. The standard InChI is InChI=1S/C18H17BrN2O2S/c1-13(24-12-14-5-7-15(19)8-6-14)18(22)23-11-16-10-21-9-3-2-4-17(21)20-16/h2-10,13H,11-12H2,1H3/t13-/m0/s1. The van der Waals surface area contributed by atoms with Crippen LogP contribution in [0.4, 0.5) is 0 Å². The summed E-state index contributed by atoms with van der Waals surface area (Å²) in [6.45, 7) is 2.07. The number of nitrogens with zero attached hydrogens (tertiary/aromatic N) is 2. The van der Waals surface area contributed by atoms with Crippen LogP contribution in [-0.4, -0.2) is 20.6 Å². The monoisotopic (exact) mass is 404 g/mol. The van der Waals surface area contributed by atoms with Crippen LogP contribution in [0.5, 0.6) is 0 Å². The first-order valence-corrected chi connectivity index (χ1v) is 9.41. The molecule has 4 nitrogen and oxygen atoms in total. The molecule has 0 spiro atoms. The second-order valence-corrected chi connectivity index (χ2v) is 7.63. The average Bonchev–Trinajstić information content (AvgIpc) is 3.01. The molecule has 3 rings (SSSR count). The average molecular weight is 405 g/mol. The minimum absolute atomic E-state index is 0.198. The van der Waals surface area contributed by atoms with Crippen molar-refractivity contribution in [3.05, 3.63) is 70.6 Å². The number of carbonyl (C=O) groups excluding carboxylic acids is 1. The number of rotatable bonds is 6. The highest BCUT2D eigenvalue weighted by Crippen LogP contribution is 2.20. The second-order valence-electron chi connectivity index (χ2n) is 5.39. The molecule has 0 unspecified atom stereocenters. The second kappa shape index (κ2) is 7.85. The topological polar surface area (TPSA) is 43.6 Å². The van der Waals surface area contributed by atoms with Gasteiger partial charge < -0.3 is 9.14 Å². The molecule has 0 fully saturated rings. The third kappa shape index (κ3) is 4.39. The quantitative estimate of drug-likeness (QED) is 0.568. The number of aromatic nitrogens is 2. The van der Waals surface area contributed by atoms with Gasteiger partial charge in [-0.25, -0.2) is 4.98 Å². The predicted molar refractivity (Wildman–Crippen MR) is 99.9 cm³/mol. The Morgan fingerprint density at radius 2 is 2.08 bits per heavy atom. The molecule has 6 heteroatoms. The lowest BCUT2D eigenvalue weighted by Gasteiger charge is -2.10. The number of pyridine rings is 1. The Morgan fingerprint density at radius 3 is 2.83 bits per heavy atom. The molecular formula is C18H17BrN2O2S. The van der Waals surface area contributed by atoms with Gasteiger partial charge in [0.15, 0.2) is 0 Å². The van der Waals surface area contributed by atoms with Gasteiger partial charge in [0.1, 0.15) is 12.3 Å². The van der Waals surface area contributed by atoms with E-state index in [1.54, 1.807) is 11.8 Å². The highest BCUT2D eigenvalue weighted by molar-refractivity contribution is 9.10. The minimum atomic E-state index is -0.217. The maximum absolute atomic E-state index is 12.1. The molecule has 0 aliphatic carbocycles. The van der Waals surface area contributed by atoms with E-state index in [0.29, 0.717) is 0 Å². The van der Waals surface area contributed by atoms with Crippen LogP contribution in [0.1, 0.15) is 18.2 Å². The number of ether oxygens (including phenoxy) is 1. The fourth-order valence-electron chi connectivity index (χ4n) is 2.19. The van der Waals surface area contributed by atoms with Gasteiger partial charge in [-0.3, -0.25) is 4.79 Å². The van der Waals surface area contributed by atoms with Crippen molar-refractivity contribution in [2.45, 2.75) is 24.5 Å². The van der Waals surface area contributed by atoms with Crippen molar-refractivity contribution in [1.82, 2.24) is 9.38 Å². The molecule has 1 aromatic carbocycles. The molecule has 0 N–H and O–H groups in total. The summed E-state index contributed by atoms with van der Waals surface area (Å²) in [5.74, 6) is 0.562. The van der Waals surface area contributed by atoms with Crippen LogP contribution in [-0.2, 0) is 21.9 Å². The summed E-state index contributed by atoms with van der Waals surface area (Å²) in [6.07, 6.45) is 3.80. The first kappa shape index (κ1) is 17.0. The van der Waals surface area contributed by atoms with E-state index in [1.807, 2.05) is 66.2 Å². The number of hydrogen-bond donors (Lipinski definition) is 0. The van der Waals surface area contributed by atoms with Gasteiger partial charge in [0, 0.05) is 22.6 Å². The van der Waals surface area contributed by atoms with Crippen LogP contribution in [0.3, 0.4) is 0 Å². The summed E-state index contributed by atoms with van der Waals surface area (Å²) in [7, 11) is 0. The van der Waals surface area contributed by atoms with Crippen LogP contribution >= 0.6 is 27.7 Å². The van der Waals surface area contributed by atoms with Gasteiger partial charge in [0.05, 0.1) is 10.9 Å². The number of benzene rings is 1. The van der Waals surface area contributed by atoms with E-state index in [9.17, 15) is 4.79 Å². The van der Waals surface area contributed by atoms with Gasteiger partial charge in [0.2, 0.25) is 0 Å². The summed E-state index contributed by atoms with van der Waals surface area (Å²) in [4.78, 5) is 16.5. The Balaban J connectivity index is 1.49. The van der Waals surface area contributed by atoms with Gasteiger partial charge in [-0.05, 0) is 36.8 Å². The molecule has 24 heavy (non-hydrogen) atoms. The van der Waals surface area contributed by atoms with E-state index < -0.39 is 0 Å². The zero-order valence-corrected chi connectivity index (χ0v) is 15.6. The van der Waals surface area contributed by atoms with Gasteiger partial charge >= 0.3 is 5.97 Å². The van der Waals surface area contributed by atoms with E-state index in [2.05, 4.69) is 20.9 Å². The Hall–Kier alpha value is -1.79. The van der Waals surface area contributed by atoms with E-state index in [0.717, 1.165) is 21.6 Å². The molecular weight excluding hydrogens is 388 g/mol. The number of thioether (sulfide) groups is 1. The lowest BCUT2D eigenvalue weighted by molar-refractivity contribution is -0.144. The maximum atomic E-state index is 12.1. The highest BCUT2D eigenvalue weighted by Gasteiger charge is 2.16. The van der Waals surface area contributed by atoms with Gasteiger partial charge in [-0.1, -0.05) is 34.1 Å². The first-order chi connectivity index (χ1) is 11.6. The number of halogens is 1. The molecule has 124 valence electrons. The van der Waals surface area contributed by atoms with Crippen molar-refractivity contribution >= 4 is 39.3 Å². The first-order valence-electron chi connectivity index (χ1n) is 7.57. The number of imidazole rings is 1. The van der Waals surface area contributed by atoms with E-state index in [1.165, 1.54) is 5.56 Å². The molecule has 1 atom stereocenters. The van der Waals surface area contributed by atoms with Crippen molar-refractivity contribution in [1.29, 1.82) is 0 Å². The summed E-state index contributed by atoms with van der Waals surface area (Å²) in [5.41, 5.74) is 2.78. The van der Waals surface area contributed by atoms with Crippen LogP contribution in [0.2, 0.25) is 0 Å². The van der Waals surface area contributed by atoms with Crippen molar-refractivity contribution in [2.75, 3.05) is 0 Å². The largest absolute Gasteiger partial charge is 0.458 e. The molecule has 0 aliphatic heterocycles. The fraction of sp³-hybridized carbons (Fsp3) is 0.222. The molecule has 0 aliphatic rings. The SMILES string of the molecule is C[C@H](SCc1ccc(Br)cc1)C(=O)OCc1cn2ccccc2n1. The number of esters is 1. The molecule has 0 saturated carbocycles. The highest BCUT2D eigenvalue weighted by atomic mass is 79.9. The van der Waals surface area contributed by atoms with Crippen molar-refractivity contribution in [3.8, 4) is 0 Å². The van der Waals surface area contributed by atoms with Crippen molar-refractivity contribution in [3.63, 3.8) is 0 Å². The summed E-state index contributed by atoms with van der Waals surface area (Å²) in [5, 5.41) is -0.217.